The molecule has 3 aromatic carbocycles. The van der Waals surface area contributed by atoms with E-state index in [1.54, 1.807) is 37.1 Å². The minimum atomic E-state index is -1.01. The Morgan fingerprint density at radius 3 is 2.46 bits per heavy atom. The summed E-state index contributed by atoms with van der Waals surface area (Å²) in [5.74, 6) is 0.461. The fraction of sp³-hybridized carbons (Fsp3) is 0.333. The van der Waals surface area contributed by atoms with E-state index in [1.165, 1.54) is 11.3 Å². The third kappa shape index (κ3) is 5.72. The second-order valence-electron chi connectivity index (χ2n) is 9.69. The first kappa shape index (κ1) is 26.2. The molecule has 9 heteroatoms. The molecule has 0 saturated heterocycles. The Hall–Kier alpha value is -4.40. The fourth-order valence-electron chi connectivity index (χ4n) is 5.24. The number of amides is 2. The topological polar surface area (TPSA) is 98.6 Å². The van der Waals surface area contributed by atoms with Gasteiger partial charge in [0.2, 0.25) is 11.8 Å². The van der Waals surface area contributed by atoms with E-state index in [0.717, 1.165) is 31.2 Å². The second kappa shape index (κ2) is 12.0. The van der Waals surface area contributed by atoms with Crippen LogP contribution in [0.2, 0.25) is 0 Å². The molecule has 1 saturated carbocycles. The maximum absolute atomic E-state index is 14.2. The molecule has 2 amide bonds. The Morgan fingerprint density at radius 1 is 0.974 bits per heavy atom. The predicted molar refractivity (Wildman–Crippen MR) is 149 cm³/mol. The number of nitrogens with one attached hydrogen (secondary N) is 1. The minimum Gasteiger partial charge on any atom is -0.497 e. The highest BCUT2D eigenvalue weighted by Gasteiger charge is 2.36. The van der Waals surface area contributed by atoms with Crippen molar-refractivity contribution in [3.63, 3.8) is 0 Å². The van der Waals surface area contributed by atoms with Gasteiger partial charge in [-0.2, -0.15) is 0 Å². The zero-order chi connectivity index (χ0) is 27.2. The van der Waals surface area contributed by atoms with E-state index >= 15 is 0 Å². The lowest BCUT2D eigenvalue weighted by Gasteiger charge is -2.34. The van der Waals surface area contributed by atoms with Crippen molar-refractivity contribution in [1.29, 1.82) is 0 Å². The molecule has 1 aliphatic carbocycles. The maximum Gasteiger partial charge on any atom is 0.249 e. The molecule has 1 atom stereocenters. The third-order valence-electron chi connectivity index (χ3n) is 7.20. The van der Waals surface area contributed by atoms with Crippen molar-refractivity contribution in [2.24, 2.45) is 0 Å². The van der Waals surface area contributed by atoms with Crippen molar-refractivity contribution < 1.29 is 19.1 Å². The summed E-state index contributed by atoms with van der Waals surface area (Å²) in [7, 11) is 3.12. The van der Waals surface area contributed by atoms with E-state index in [0.29, 0.717) is 28.3 Å². The van der Waals surface area contributed by atoms with Gasteiger partial charge in [0.25, 0.3) is 0 Å². The van der Waals surface area contributed by atoms with Crippen molar-refractivity contribution in [2.45, 2.75) is 50.7 Å². The van der Waals surface area contributed by atoms with Crippen molar-refractivity contribution in [1.82, 2.24) is 20.3 Å². The van der Waals surface area contributed by atoms with Gasteiger partial charge in [0.05, 0.1) is 19.7 Å². The van der Waals surface area contributed by atoms with E-state index in [9.17, 15) is 9.59 Å². The monoisotopic (exact) mass is 527 g/mol. The smallest absolute Gasteiger partial charge is 0.249 e. The van der Waals surface area contributed by atoms with E-state index in [4.69, 9.17) is 9.47 Å². The highest BCUT2D eigenvalue weighted by atomic mass is 16.5. The SMILES string of the molecule is COc1ccc(OC)c([C@@H](C(=O)NC2CCCCC2)N(C(=O)Cn2nnc3ccccc32)c2ccccc2)c1. The highest BCUT2D eigenvalue weighted by molar-refractivity contribution is 6.02. The van der Waals surface area contributed by atoms with Gasteiger partial charge in [-0.1, -0.05) is 54.8 Å². The number of hydrogen-bond donors (Lipinski definition) is 1. The lowest BCUT2D eigenvalue weighted by atomic mass is 9.94. The molecule has 0 radical (unpaired) electrons. The molecule has 1 aromatic heterocycles. The summed E-state index contributed by atoms with van der Waals surface area (Å²) in [6, 6.07) is 21.0. The van der Waals surface area contributed by atoms with Crippen LogP contribution in [0, 0.1) is 0 Å². The number of para-hydroxylation sites is 2. The number of ether oxygens (including phenoxy) is 2. The van der Waals surface area contributed by atoms with E-state index in [2.05, 4.69) is 15.6 Å². The van der Waals surface area contributed by atoms with Crippen molar-refractivity contribution in [3.8, 4) is 11.5 Å². The molecule has 5 rings (SSSR count). The first-order chi connectivity index (χ1) is 19.1. The second-order valence-corrected chi connectivity index (χ2v) is 9.69. The summed E-state index contributed by atoms with van der Waals surface area (Å²) < 4.78 is 12.8. The lowest BCUT2D eigenvalue weighted by molar-refractivity contribution is -0.127. The number of fused-ring (bicyclic) bond motifs is 1. The van der Waals surface area contributed by atoms with E-state index < -0.39 is 6.04 Å². The van der Waals surface area contributed by atoms with Crippen LogP contribution < -0.4 is 19.7 Å². The van der Waals surface area contributed by atoms with Crippen LogP contribution in [0.5, 0.6) is 11.5 Å². The Labute approximate surface area is 227 Å². The molecule has 39 heavy (non-hydrogen) atoms. The molecule has 1 fully saturated rings. The molecule has 1 heterocycles. The summed E-state index contributed by atoms with van der Waals surface area (Å²) >= 11 is 0. The number of carbonyl (C=O) groups excluding carboxylic acids is 2. The fourth-order valence-corrected chi connectivity index (χ4v) is 5.24. The normalized spacial score (nSPS) is 14.5. The van der Waals surface area contributed by atoms with E-state index in [-0.39, 0.29) is 24.4 Å². The van der Waals surface area contributed by atoms with Crippen LogP contribution >= 0.6 is 0 Å². The number of rotatable bonds is 9. The van der Waals surface area contributed by atoms with Crippen LogP contribution in [0.3, 0.4) is 0 Å². The Balaban J connectivity index is 1.60. The Morgan fingerprint density at radius 2 is 1.72 bits per heavy atom. The summed E-state index contributed by atoms with van der Waals surface area (Å²) in [6.07, 6.45) is 5.13. The average Bonchev–Trinajstić information content (AvgIpc) is 3.38. The molecule has 0 spiro atoms. The number of carbonyl (C=O) groups is 2. The Bertz CT molecular complexity index is 1430. The number of nitrogens with zero attached hydrogens (tertiary/aromatic N) is 4. The first-order valence-corrected chi connectivity index (χ1v) is 13.3. The minimum absolute atomic E-state index is 0.0531. The van der Waals surface area contributed by atoms with Gasteiger partial charge >= 0.3 is 0 Å². The molecule has 202 valence electrons. The average molecular weight is 528 g/mol. The van der Waals surface area contributed by atoms with Gasteiger partial charge in [0.15, 0.2) is 0 Å². The molecule has 0 unspecified atom stereocenters. The van der Waals surface area contributed by atoms with Gasteiger partial charge in [-0.25, -0.2) is 4.68 Å². The molecule has 4 aromatic rings. The standard InChI is InChI=1S/C30H33N5O4/c1-38-23-17-18-27(39-2)24(19-23)29(30(37)31-21-11-5-3-6-12-21)35(22-13-7-4-8-14-22)28(36)20-34-26-16-10-9-15-25(26)32-33-34/h4,7-10,13-19,21,29H,3,5-6,11-12,20H2,1-2H3,(H,31,37)/t29-/m0/s1. The number of anilines is 1. The summed E-state index contributed by atoms with van der Waals surface area (Å²) in [6.45, 7) is -0.102. The van der Waals surface area contributed by atoms with Crippen molar-refractivity contribution >= 4 is 28.5 Å². The largest absolute Gasteiger partial charge is 0.497 e. The molecule has 9 nitrogen and oxygen atoms in total. The summed E-state index contributed by atoms with van der Waals surface area (Å²) in [5.41, 5.74) is 2.55. The molecule has 0 bridgehead atoms. The number of methoxy groups -OCH3 is 2. The molecule has 1 aliphatic rings. The molecule has 0 aliphatic heterocycles. The zero-order valence-electron chi connectivity index (χ0n) is 22.2. The molecular weight excluding hydrogens is 494 g/mol. The number of benzene rings is 3. The van der Waals surface area contributed by atoms with Crippen LogP contribution in [-0.2, 0) is 16.1 Å². The molecular formula is C30H33N5O4. The lowest BCUT2D eigenvalue weighted by Crippen LogP contribution is -2.48. The summed E-state index contributed by atoms with van der Waals surface area (Å²) in [4.78, 5) is 29.9. The quantitative estimate of drug-likeness (QED) is 0.340. The number of hydrogen-bond acceptors (Lipinski definition) is 6. The predicted octanol–water partition coefficient (Wildman–Crippen LogP) is 4.67. The van der Waals surface area contributed by atoms with Gasteiger partial charge in [0, 0.05) is 17.3 Å². The zero-order valence-corrected chi connectivity index (χ0v) is 22.2. The van der Waals surface area contributed by atoms with Gasteiger partial charge < -0.3 is 14.8 Å². The van der Waals surface area contributed by atoms with E-state index in [1.807, 2.05) is 54.6 Å². The van der Waals surface area contributed by atoms with Crippen LogP contribution in [0.25, 0.3) is 11.0 Å². The third-order valence-corrected chi connectivity index (χ3v) is 7.20. The highest BCUT2D eigenvalue weighted by Crippen LogP contribution is 2.36. The maximum atomic E-state index is 14.2. The van der Waals surface area contributed by atoms with Crippen molar-refractivity contribution in [3.05, 3.63) is 78.4 Å². The Kier molecular flexibility index (Phi) is 8.05. The van der Waals surface area contributed by atoms with Gasteiger partial charge in [-0.3, -0.25) is 14.5 Å². The van der Waals surface area contributed by atoms with Crippen LogP contribution in [0.4, 0.5) is 5.69 Å². The van der Waals surface area contributed by atoms with Gasteiger partial charge in [-0.05, 0) is 55.3 Å². The van der Waals surface area contributed by atoms with Crippen LogP contribution in [0.15, 0.2) is 72.8 Å². The molecule has 1 N–H and O–H groups in total. The van der Waals surface area contributed by atoms with Gasteiger partial charge in [-0.15, -0.1) is 5.10 Å². The summed E-state index contributed by atoms with van der Waals surface area (Å²) in [5, 5.41) is 11.6. The van der Waals surface area contributed by atoms with Crippen molar-refractivity contribution in [2.75, 3.05) is 19.1 Å². The van der Waals surface area contributed by atoms with Gasteiger partial charge in [0.1, 0.15) is 29.6 Å². The first-order valence-electron chi connectivity index (χ1n) is 13.3. The van der Waals surface area contributed by atoms with Crippen LogP contribution in [0.1, 0.15) is 43.7 Å². The van der Waals surface area contributed by atoms with Crippen LogP contribution in [-0.4, -0.2) is 47.1 Å². The number of aromatic nitrogens is 3.